The second-order valence-corrected chi connectivity index (χ2v) is 7.38. The predicted octanol–water partition coefficient (Wildman–Crippen LogP) is 3.95. The van der Waals surface area contributed by atoms with Crippen LogP contribution in [0, 0.1) is 0 Å². The zero-order chi connectivity index (χ0) is 14.0. The van der Waals surface area contributed by atoms with Gasteiger partial charge in [0.1, 0.15) is 0 Å². The normalized spacial score (nSPS) is 26.2. The highest BCUT2D eigenvalue weighted by Gasteiger charge is 2.40. The average molecular weight is 337 g/mol. The highest BCUT2D eigenvalue weighted by atomic mass is 79.9. The van der Waals surface area contributed by atoms with Crippen molar-refractivity contribution in [2.24, 2.45) is 0 Å². The molecule has 1 atom stereocenters. The summed E-state index contributed by atoms with van der Waals surface area (Å²) < 4.78 is 1.17. The lowest BCUT2D eigenvalue weighted by Crippen LogP contribution is -2.62. The number of hydrogen-bond donors (Lipinski definition) is 1. The first-order chi connectivity index (χ1) is 9.71. The molecule has 1 saturated heterocycles. The summed E-state index contributed by atoms with van der Waals surface area (Å²) in [5.41, 5.74) is 1.85. The molecule has 0 bridgehead atoms. The Morgan fingerprint density at radius 2 is 1.95 bits per heavy atom. The molecule has 0 aromatic heterocycles. The van der Waals surface area contributed by atoms with Gasteiger partial charge in [0.05, 0.1) is 0 Å². The molecule has 1 aliphatic heterocycles. The molecule has 1 aromatic carbocycles. The summed E-state index contributed by atoms with van der Waals surface area (Å²) in [5.74, 6) is 0. The number of hydrogen-bond acceptors (Lipinski definition) is 2. The summed E-state index contributed by atoms with van der Waals surface area (Å²) in [6.45, 7) is 5.79. The third kappa shape index (κ3) is 3.10. The van der Waals surface area contributed by atoms with Crippen molar-refractivity contribution in [1.29, 1.82) is 0 Å². The van der Waals surface area contributed by atoms with Crippen molar-refractivity contribution < 1.29 is 0 Å². The zero-order valence-corrected chi connectivity index (χ0v) is 14.0. The van der Waals surface area contributed by atoms with Crippen molar-refractivity contribution in [1.82, 2.24) is 10.2 Å². The summed E-state index contributed by atoms with van der Waals surface area (Å²) in [5, 5.41) is 3.87. The first-order valence-electron chi connectivity index (χ1n) is 7.94. The van der Waals surface area contributed by atoms with Gasteiger partial charge in [-0.15, -0.1) is 0 Å². The maximum Gasteiger partial charge on any atom is 0.0309 e. The van der Waals surface area contributed by atoms with Crippen LogP contribution in [0.5, 0.6) is 0 Å². The van der Waals surface area contributed by atoms with E-state index in [1.165, 1.54) is 48.7 Å². The minimum Gasteiger partial charge on any atom is -0.308 e. The van der Waals surface area contributed by atoms with Gasteiger partial charge >= 0.3 is 0 Å². The van der Waals surface area contributed by atoms with Gasteiger partial charge in [-0.05, 0) is 37.0 Å². The zero-order valence-electron chi connectivity index (χ0n) is 12.4. The van der Waals surface area contributed by atoms with Gasteiger partial charge in [-0.3, -0.25) is 4.90 Å². The van der Waals surface area contributed by atoms with Crippen LogP contribution in [0.1, 0.15) is 44.6 Å². The van der Waals surface area contributed by atoms with E-state index in [-0.39, 0.29) is 0 Å². The summed E-state index contributed by atoms with van der Waals surface area (Å²) in [6, 6.07) is 9.50. The molecule has 1 aliphatic carbocycles. The van der Waals surface area contributed by atoms with Gasteiger partial charge in [0.15, 0.2) is 0 Å². The van der Waals surface area contributed by atoms with Crippen LogP contribution in [0.2, 0.25) is 0 Å². The maximum absolute atomic E-state index is 3.87. The summed E-state index contributed by atoms with van der Waals surface area (Å²) in [6.07, 6.45) is 6.76. The molecule has 110 valence electrons. The average Bonchev–Trinajstić information content (AvgIpc) is 2.90. The second kappa shape index (κ2) is 6.17. The highest BCUT2D eigenvalue weighted by Crippen LogP contribution is 2.34. The fourth-order valence-electron chi connectivity index (χ4n) is 3.84. The fourth-order valence-corrected chi connectivity index (χ4v) is 4.10. The highest BCUT2D eigenvalue weighted by molar-refractivity contribution is 9.10. The van der Waals surface area contributed by atoms with Crippen LogP contribution in [0.25, 0.3) is 0 Å². The first-order valence-corrected chi connectivity index (χ1v) is 8.74. The van der Waals surface area contributed by atoms with Crippen LogP contribution in [-0.4, -0.2) is 29.6 Å². The largest absolute Gasteiger partial charge is 0.308 e. The molecule has 3 rings (SSSR count). The molecule has 1 saturated carbocycles. The van der Waals surface area contributed by atoms with Crippen LogP contribution < -0.4 is 5.32 Å². The van der Waals surface area contributed by atoms with Crippen molar-refractivity contribution in [2.75, 3.05) is 13.1 Å². The van der Waals surface area contributed by atoms with E-state index < -0.39 is 0 Å². The van der Waals surface area contributed by atoms with Gasteiger partial charge in [0.25, 0.3) is 0 Å². The molecule has 1 unspecified atom stereocenters. The van der Waals surface area contributed by atoms with E-state index in [1.807, 2.05) is 0 Å². The molecular formula is C17H25BrN2. The van der Waals surface area contributed by atoms with Crippen LogP contribution in [0.4, 0.5) is 0 Å². The standard InChI is InChI=1S/C17H25BrN2/c1-2-16-11-19-17(9-3-4-10-17)13-20(16)12-14-5-7-15(18)8-6-14/h5-8,16,19H,2-4,9-13H2,1H3. The van der Waals surface area contributed by atoms with E-state index in [0.717, 1.165) is 13.1 Å². The van der Waals surface area contributed by atoms with Crippen molar-refractivity contribution in [3.8, 4) is 0 Å². The smallest absolute Gasteiger partial charge is 0.0309 e. The number of rotatable bonds is 3. The molecule has 0 radical (unpaired) electrons. The molecular weight excluding hydrogens is 312 g/mol. The third-order valence-corrected chi connectivity index (χ3v) is 5.59. The van der Waals surface area contributed by atoms with E-state index in [4.69, 9.17) is 0 Å². The lowest BCUT2D eigenvalue weighted by molar-refractivity contribution is 0.0718. The summed E-state index contributed by atoms with van der Waals surface area (Å²) >= 11 is 3.52. The Labute approximate surface area is 131 Å². The Morgan fingerprint density at radius 3 is 2.60 bits per heavy atom. The van der Waals surface area contributed by atoms with Crippen LogP contribution >= 0.6 is 15.9 Å². The molecule has 1 heterocycles. The summed E-state index contributed by atoms with van der Waals surface area (Å²) in [4.78, 5) is 2.71. The van der Waals surface area contributed by atoms with E-state index in [2.05, 4.69) is 57.3 Å². The Kier molecular flexibility index (Phi) is 4.49. The molecule has 2 fully saturated rings. The quantitative estimate of drug-likeness (QED) is 0.899. The SMILES string of the molecule is CCC1CNC2(CCCC2)CN1Cc1ccc(Br)cc1. The molecule has 1 N–H and O–H groups in total. The van der Waals surface area contributed by atoms with Crippen molar-refractivity contribution in [2.45, 2.75) is 57.2 Å². The minimum atomic E-state index is 0.418. The Morgan fingerprint density at radius 1 is 1.25 bits per heavy atom. The molecule has 0 amide bonds. The van der Waals surface area contributed by atoms with Crippen LogP contribution in [-0.2, 0) is 6.54 Å². The summed E-state index contributed by atoms with van der Waals surface area (Å²) in [7, 11) is 0. The van der Waals surface area contributed by atoms with Gasteiger partial charge in [0, 0.05) is 35.7 Å². The lowest BCUT2D eigenvalue weighted by Gasteiger charge is -2.46. The second-order valence-electron chi connectivity index (χ2n) is 6.46. The molecule has 2 nitrogen and oxygen atoms in total. The van der Waals surface area contributed by atoms with Gasteiger partial charge in [0.2, 0.25) is 0 Å². The fraction of sp³-hybridized carbons (Fsp3) is 0.647. The molecule has 1 aromatic rings. The van der Waals surface area contributed by atoms with Gasteiger partial charge < -0.3 is 5.32 Å². The van der Waals surface area contributed by atoms with Crippen LogP contribution in [0.3, 0.4) is 0 Å². The number of nitrogens with one attached hydrogen (secondary N) is 1. The van der Waals surface area contributed by atoms with Crippen molar-refractivity contribution >= 4 is 15.9 Å². The molecule has 1 spiro atoms. The number of piperazine rings is 1. The molecule has 3 heteroatoms. The van der Waals surface area contributed by atoms with Crippen LogP contribution in [0.15, 0.2) is 28.7 Å². The molecule has 20 heavy (non-hydrogen) atoms. The van der Waals surface area contributed by atoms with Crippen molar-refractivity contribution in [3.63, 3.8) is 0 Å². The monoisotopic (exact) mass is 336 g/mol. The van der Waals surface area contributed by atoms with E-state index in [0.29, 0.717) is 11.6 Å². The predicted molar refractivity (Wildman–Crippen MR) is 87.8 cm³/mol. The minimum absolute atomic E-state index is 0.418. The Hall–Kier alpha value is -0.380. The van der Waals surface area contributed by atoms with Crippen molar-refractivity contribution in [3.05, 3.63) is 34.3 Å². The maximum atomic E-state index is 3.87. The van der Waals surface area contributed by atoms with Gasteiger partial charge in [-0.1, -0.05) is 47.8 Å². The number of nitrogens with zero attached hydrogens (tertiary/aromatic N) is 1. The van der Waals surface area contributed by atoms with E-state index >= 15 is 0 Å². The van der Waals surface area contributed by atoms with E-state index in [9.17, 15) is 0 Å². The van der Waals surface area contributed by atoms with Gasteiger partial charge in [-0.2, -0.15) is 0 Å². The number of benzene rings is 1. The lowest BCUT2D eigenvalue weighted by atomic mass is 9.91. The van der Waals surface area contributed by atoms with E-state index in [1.54, 1.807) is 0 Å². The Bertz CT molecular complexity index is 437. The third-order valence-electron chi connectivity index (χ3n) is 5.07. The number of halogens is 1. The first kappa shape index (κ1) is 14.6. The Balaban J connectivity index is 1.72. The molecule has 2 aliphatic rings. The van der Waals surface area contributed by atoms with Gasteiger partial charge in [-0.25, -0.2) is 0 Å². The topological polar surface area (TPSA) is 15.3 Å².